The summed E-state index contributed by atoms with van der Waals surface area (Å²) in [6.45, 7) is 9.43. The van der Waals surface area contributed by atoms with E-state index in [2.05, 4.69) is 105 Å². The van der Waals surface area contributed by atoms with Crippen molar-refractivity contribution in [1.29, 1.82) is 0 Å². The maximum absolute atomic E-state index is 2.49. The second kappa shape index (κ2) is 6.32. The number of benzene rings is 2. The average Bonchev–Trinajstić information content (AvgIpc) is 2.64. The number of allylic oxidation sites excluding steroid dienone is 1. The Labute approximate surface area is 156 Å². The standard InChI is InChI=1S/C23H26BN2/c1-16(2)20-15-23(25(5)22-13-9-7-11-19(20)22)26-21-12-8-6-10-18(21)14-17(3)24(26)4/h6-16H,1-5H3/q+1. The Kier molecular flexibility index (Phi) is 4.10. The fraction of sp³-hybridized carbons (Fsp3) is 0.261. The third-order valence-corrected chi connectivity index (χ3v) is 5.70. The van der Waals surface area contributed by atoms with Gasteiger partial charge in [-0.1, -0.05) is 61.8 Å². The molecule has 1 aliphatic heterocycles. The van der Waals surface area contributed by atoms with Crippen molar-refractivity contribution in [3.63, 3.8) is 0 Å². The lowest BCUT2D eigenvalue weighted by molar-refractivity contribution is -0.631. The van der Waals surface area contributed by atoms with E-state index in [4.69, 9.17) is 0 Å². The summed E-state index contributed by atoms with van der Waals surface area (Å²) in [7, 11) is 2.19. The molecule has 0 amide bonds. The first-order valence-electron chi connectivity index (χ1n) is 9.47. The van der Waals surface area contributed by atoms with Crippen molar-refractivity contribution in [1.82, 2.24) is 0 Å². The van der Waals surface area contributed by atoms with Gasteiger partial charge in [-0.25, -0.2) is 4.57 Å². The van der Waals surface area contributed by atoms with Gasteiger partial charge in [-0.2, -0.15) is 0 Å². The van der Waals surface area contributed by atoms with Crippen LogP contribution in [-0.2, 0) is 7.05 Å². The number of hydrogen-bond donors (Lipinski definition) is 0. The van der Waals surface area contributed by atoms with E-state index >= 15 is 0 Å². The predicted molar refractivity (Wildman–Crippen MR) is 113 cm³/mol. The van der Waals surface area contributed by atoms with Crippen LogP contribution in [0.4, 0.5) is 11.5 Å². The second-order valence-electron chi connectivity index (χ2n) is 7.68. The SMILES string of the molecule is CB1C(C)=Cc2ccccc2N1c1cc(C(C)C)c2ccccc2[n+]1C. The van der Waals surface area contributed by atoms with Crippen molar-refractivity contribution in [2.45, 2.75) is 33.5 Å². The van der Waals surface area contributed by atoms with Crippen LogP contribution in [0.2, 0.25) is 6.82 Å². The van der Waals surface area contributed by atoms with Crippen LogP contribution in [0, 0.1) is 0 Å². The lowest BCUT2D eigenvalue weighted by Crippen LogP contribution is -2.45. The topological polar surface area (TPSA) is 7.12 Å². The Bertz CT molecular complexity index is 1020. The number of hydrogen-bond acceptors (Lipinski definition) is 1. The number of nitrogens with zero attached hydrogens (tertiary/aromatic N) is 2. The molecule has 130 valence electrons. The highest BCUT2D eigenvalue weighted by molar-refractivity contribution is 6.72. The maximum Gasteiger partial charge on any atom is 0.405 e. The second-order valence-corrected chi connectivity index (χ2v) is 7.68. The van der Waals surface area contributed by atoms with Crippen LogP contribution in [0.25, 0.3) is 17.0 Å². The van der Waals surface area contributed by atoms with Crippen LogP contribution in [0.15, 0.2) is 60.1 Å². The van der Waals surface area contributed by atoms with Crippen LogP contribution in [0.1, 0.15) is 37.8 Å². The molecule has 0 spiro atoms. The minimum atomic E-state index is 0.331. The van der Waals surface area contributed by atoms with Crippen LogP contribution in [0.3, 0.4) is 0 Å². The Morgan fingerprint density at radius 1 is 1.00 bits per heavy atom. The molecule has 2 heterocycles. The van der Waals surface area contributed by atoms with Gasteiger partial charge in [0.1, 0.15) is 11.2 Å². The van der Waals surface area contributed by atoms with Crippen molar-refractivity contribution in [3.8, 4) is 0 Å². The summed E-state index contributed by atoms with van der Waals surface area (Å²) < 4.78 is 2.34. The molecule has 0 unspecified atom stereocenters. The largest absolute Gasteiger partial charge is 0.405 e. The molecule has 0 radical (unpaired) electrons. The molecule has 26 heavy (non-hydrogen) atoms. The molecule has 0 bridgehead atoms. The van der Waals surface area contributed by atoms with Crippen molar-refractivity contribution >= 4 is 35.3 Å². The summed E-state index contributed by atoms with van der Waals surface area (Å²) in [6.07, 6.45) is 2.32. The van der Waals surface area contributed by atoms with E-state index in [0.29, 0.717) is 12.8 Å². The number of aryl methyl sites for hydroxylation is 1. The van der Waals surface area contributed by atoms with Gasteiger partial charge in [-0.05, 0) is 37.4 Å². The molecule has 0 saturated carbocycles. The van der Waals surface area contributed by atoms with Gasteiger partial charge in [0.05, 0.1) is 7.05 Å². The van der Waals surface area contributed by atoms with Gasteiger partial charge in [0.25, 0.3) is 5.82 Å². The van der Waals surface area contributed by atoms with E-state index in [1.54, 1.807) is 0 Å². The minimum absolute atomic E-state index is 0.331. The molecule has 2 aromatic carbocycles. The monoisotopic (exact) mass is 341 g/mol. The van der Waals surface area contributed by atoms with Gasteiger partial charge < -0.3 is 0 Å². The van der Waals surface area contributed by atoms with Crippen molar-refractivity contribution in [2.75, 3.05) is 4.81 Å². The summed E-state index contributed by atoms with van der Waals surface area (Å²) in [5.41, 5.74) is 6.66. The molecule has 0 saturated heterocycles. The molecule has 1 aliphatic rings. The fourth-order valence-electron chi connectivity index (χ4n) is 4.09. The van der Waals surface area contributed by atoms with Crippen molar-refractivity contribution in [2.24, 2.45) is 7.05 Å². The molecule has 1 aromatic heterocycles. The molecule has 0 fully saturated rings. The van der Waals surface area contributed by atoms with E-state index in [9.17, 15) is 0 Å². The summed E-state index contributed by atoms with van der Waals surface area (Å²) in [4.78, 5) is 2.49. The van der Waals surface area contributed by atoms with E-state index in [1.807, 2.05) is 0 Å². The first-order chi connectivity index (χ1) is 12.5. The summed E-state index contributed by atoms with van der Waals surface area (Å²) in [6, 6.07) is 19.8. The fourth-order valence-corrected chi connectivity index (χ4v) is 4.09. The van der Waals surface area contributed by atoms with Gasteiger partial charge >= 0.3 is 6.85 Å². The zero-order chi connectivity index (χ0) is 18.4. The molecular weight excluding hydrogens is 315 g/mol. The summed E-state index contributed by atoms with van der Waals surface area (Å²) in [5.74, 6) is 1.73. The van der Waals surface area contributed by atoms with Crippen LogP contribution in [-0.4, -0.2) is 6.85 Å². The summed E-state index contributed by atoms with van der Waals surface area (Å²) >= 11 is 0. The Balaban J connectivity index is 2.03. The van der Waals surface area contributed by atoms with Gasteiger partial charge in [-0.3, -0.25) is 4.81 Å². The van der Waals surface area contributed by atoms with E-state index in [0.717, 1.165) is 0 Å². The average molecular weight is 341 g/mol. The van der Waals surface area contributed by atoms with Crippen LogP contribution in [0.5, 0.6) is 0 Å². The smallest absolute Gasteiger partial charge is 0.287 e. The first kappa shape index (κ1) is 16.9. The molecule has 3 aromatic rings. The number of para-hydroxylation sites is 2. The maximum atomic E-state index is 2.49. The third-order valence-electron chi connectivity index (χ3n) is 5.70. The van der Waals surface area contributed by atoms with Crippen molar-refractivity contribution in [3.05, 3.63) is 71.2 Å². The molecule has 2 nitrogen and oxygen atoms in total. The highest BCUT2D eigenvalue weighted by atomic mass is 15.2. The Hall–Kier alpha value is -2.55. The van der Waals surface area contributed by atoms with E-state index in [-0.39, 0.29) is 0 Å². The van der Waals surface area contributed by atoms with Gasteiger partial charge in [-0.15, -0.1) is 0 Å². The number of fused-ring (bicyclic) bond motifs is 2. The van der Waals surface area contributed by atoms with Gasteiger partial charge in [0.2, 0.25) is 0 Å². The Morgan fingerprint density at radius 3 is 2.46 bits per heavy atom. The van der Waals surface area contributed by atoms with E-state index < -0.39 is 0 Å². The number of pyridine rings is 1. The lowest BCUT2D eigenvalue weighted by atomic mass is 9.54. The van der Waals surface area contributed by atoms with E-state index in [1.165, 1.54) is 39.0 Å². The van der Waals surface area contributed by atoms with Crippen molar-refractivity contribution < 1.29 is 4.57 Å². The van der Waals surface area contributed by atoms with Gasteiger partial charge in [0.15, 0.2) is 0 Å². The molecular formula is C23H26BN2+. The van der Waals surface area contributed by atoms with Gasteiger partial charge in [0, 0.05) is 17.0 Å². The lowest BCUT2D eigenvalue weighted by Gasteiger charge is -2.29. The molecule has 0 N–H and O–H groups in total. The predicted octanol–water partition coefficient (Wildman–Crippen LogP) is 5.50. The zero-order valence-corrected chi connectivity index (χ0v) is 16.3. The van der Waals surface area contributed by atoms with Crippen LogP contribution >= 0.6 is 0 Å². The third kappa shape index (κ3) is 2.54. The number of anilines is 2. The molecule has 4 rings (SSSR count). The highest BCUT2D eigenvalue weighted by Crippen LogP contribution is 2.37. The number of aromatic nitrogens is 1. The number of rotatable bonds is 2. The Morgan fingerprint density at radius 2 is 1.69 bits per heavy atom. The summed E-state index contributed by atoms with van der Waals surface area (Å²) in [5, 5.41) is 1.35. The quantitative estimate of drug-likeness (QED) is 0.441. The minimum Gasteiger partial charge on any atom is -0.287 e. The first-order valence-corrected chi connectivity index (χ1v) is 9.47. The van der Waals surface area contributed by atoms with Crippen LogP contribution < -0.4 is 9.38 Å². The normalized spacial score (nSPS) is 14.0. The zero-order valence-electron chi connectivity index (χ0n) is 16.3. The molecule has 3 heteroatoms. The molecule has 0 aliphatic carbocycles. The highest BCUT2D eigenvalue weighted by Gasteiger charge is 2.37. The molecule has 0 atom stereocenters.